The van der Waals surface area contributed by atoms with Gasteiger partial charge in [0.05, 0.1) is 26.2 Å². The first-order valence-electron chi connectivity index (χ1n) is 7.29. The van der Waals surface area contributed by atoms with Crippen LogP contribution in [0.3, 0.4) is 0 Å². The van der Waals surface area contributed by atoms with E-state index in [9.17, 15) is 9.59 Å². The third-order valence-corrected chi connectivity index (χ3v) is 3.09. The van der Waals surface area contributed by atoms with Crippen LogP contribution in [0.5, 0.6) is 11.5 Å². The molecule has 0 saturated carbocycles. The summed E-state index contributed by atoms with van der Waals surface area (Å²) in [6.45, 7) is 3.52. The van der Waals surface area contributed by atoms with E-state index in [1.165, 1.54) is 0 Å². The molecule has 1 heterocycles. The summed E-state index contributed by atoms with van der Waals surface area (Å²) in [6, 6.07) is 5.12. The largest absolute Gasteiger partial charge is 0.490 e. The van der Waals surface area contributed by atoms with Crippen molar-refractivity contribution in [2.24, 2.45) is 0 Å². The van der Waals surface area contributed by atoms with Gasteiger partial charge in [-0.15, -0.1) is 0 Å². The zero-order valence-corrected chi connectivity index (χ0v) is 12.2. The Hall–Kier alpha value is -2.04. The number of rotatable bonds is 6. The van der Waals surface area contributed by atoms with Crippen molar-refractivity contribution in [3.05, 3.63) is 23.8 Å². The molecule has 1 aromatic carbocycles. The number of esters is 1. The molecule has 21 heavy (non-hydrogen) atoms. The van der Waals surface area contributed by atoms with Gasteiger partial charge in [0.2, 0.25) is 0 Å². The lowest BCUT2D eigenvalue weighted by Crippen LogP contribution is -2.09. The minimum atomic E-state index is -0.334. The summed E-state index contributed by atoms with van der Waals surface area (Å²) in [7, 11) is 0. The summed E-state index contributed by atoms with van der Waals surface area (Å²) in [5.74, 6) is 0.817. The highest BCUT2D eigenvalue weighted by atomic mass is 16.5. The average molecular weight is 292 g/mol. The van der Waals surface area contributed by atoms with Gasteiger partial charge in [0.15, 0.2) is 17.3 Å². The van der Waals surface area contributed by atoms with E-state index in [0.29, 0.717) is 36.9 Å². The third kappa shape index (κ3) is 4.48. The van der Waals surface area contributed by atoms with Crippen LogP contribution in [0.15, 0.2) is 18.2 Å². The van der Waals surface area contributed by atoms with Gasteiger partial charge in [-0.3, -0.25) is 9.59 Å². The third-order valence-electron chi connectivity index (χ3n) is 3.09. The van der Waals surface area contributed by atoms with Gasteiger partial charge in [0, 0.05) is 18.4 Å². The van der Waals surface area contributed by atoms with Crippen LogP contribution >= 0.6 is 0 Å². The Kier molecular flexibility index (Phi) is 5.60. The van der Waals surface area contributed by atoms with Gasteiger partial charge in [0.1, 0.15) is 0 Å². The number of Topliss-reactive ketones (excluding diaryl/α,β-unsaturated/α-hetero) is 1. The fraction of sp³-hybridized carbons (Fsp3) is 0.500. The van der Waals surface area contributed by atoms with Crippen molar-refractivity contribution in [2.75, 3.05) is 19.8 Å². The van der Waals surface area contributed by atoms with E-state index in [4.69, 9.17) is 14.2 Å². The molecule has 0 N–H and O–H groups in total. The lowest BCUT2D eigenvalue weighted by atomic mass is 10.1. The summed E-state index contributed by atoms with van der Waals surface area (Å²) in [5.41, 5.74) is 0.530. The van der Waals surface area contributed by atoms with E-state index >= 15 is 0 Å². The van der Waals surface area contributed by atoms with E-state index in [0.717, 1.165) is 12.8 Å². The van der Waals surface area contributed by atoms with Crippen molar-refractivity contribution < 1.29 is 23.8 Å². The smallest absolute Gasteiger partial charge is 0.306 e. The maximum absolute atomic E-state index is 12.1. The number of ketones is 1. The molecule has 1 aliphatic rings. The predicted molar refractivity (Wildman–Crippen MR) is 76.9 cm³/mol. The van der Waals surface area contributed by atoms with Crippen molar-refractivity contribution in [2.45, 2.75) is 32.6 Å². The Morgan fingerprint density at radius 3 is 2.67 bits per heavy atom. The molecule has 0 bridgehead atoms. The number of fused-ring (bicyclic) bond motifs is 1. The highest BCUT2D eigenvalue weighted by Crippen LogP contribution is 2.30. The molecule has 0 amide bonds. The van der Waals surface area contributed by atoms with Gasteiger partial charge in [-0.2, -0.15) is 0 Å². The van der Waals surface area contributed by atoms with Crippen LogP contribution in [-0.2, 0) is 9.53 Å². The molecule has 2 rings (SSSR count). The lowest BCUT2D eigenvalue weighted by Gasteiger charge is -2.09. The fourth-order valence-electron chi connectivity index (χ4n) is 1.98. The number of ether oxygens (including phenoxy) is 3. The van der Waals surface area contributed by atoms with Crippen molar-refractivity contribution in [1.82, 2.24) is 0 Å². The Labute approximate surface area is 124 Å². The monoisotopic (exact) mass is 292 g/mol. The second kappa shape index (κ2) is 7.67. The molecule has 0 unspecified atom stereocenters. The first kappa shape index (κ1) is 15.4. The van der Waals surface area contributed by atoms with Gasteiger partial charge in [-0.25, -0.2) is 0 Å². The van der Waals surface area contributed by atoms with Crippen LogP contribution in [0.2, 0.25) is 0 Å². The Morgan fingerprint density at radius 2 is 1.90 bits per heavy atom. The first-order valence-corrected chi connectivity index (χ1v) is 7.29. The van der Waals surface area contributed by atoms with Crippen molar-refractivity contribution in [3.63, 3.8) is 0 Å². The number of carbonyl (C=O) groups is 2. The molecule has 5 nitrogen and oxygen atoms in total. The first-order chi connectivity index (χ1) is 10.2. The van der Waals surface area contributed by atoms with Gasteiger partial charge in [-0.1, -0.05) is 6.92 Å². The van der Waals surface area contributed by atoms with Crippen LogP contribution in [0.4, 0.5) is 0 Å². The zero-order valence-electron chi connectivity index (χ0n) is 12.2. The van der Waals surface area contributed by atoms with Gasteiger partial charge in [-0.05, 0) is 24.6 Å². The van der Waals surface area contributed by atoms with Crippen molar-refractivity contribution >= 4 is 11.8 Å². The highest BCUT2D eigenvalue weighted by molar-refractivity contribution is 5.98. The Bertz CT molecular complexity index is 509. The number of hydrogen-bond donors (Lipinski definition) is 0. The molecule has 0 saturated heterocycles. The molecular weight excluding hydrogens is 272 g/mol. The lowest BCUT2D eigenvalue weighted by molar-refractivity contribution is -0.143. The standard InChI is InChI=1S/C16H20O5/c1-2-8-21-16(18)7-5-13(17)12-4-6-14-15(11-12)20-10-3-9-19-14/h4,6,11H,2-3,5,7-10H2,1H3. The molecule has 0 radical (unpaired) electrons. The van der Waals surface area contributed by atoms with E-state index in [1.54, 1.807) is 18.2 Å². The summed E-state index contributed by atoms with van der Waals surface area (Å²) < 4.78 is 16.0. The quantitative estimate of drug-likeness (QED) is 0.596. The zero-order chi connectivity index (χ0) is 15.1. The number of benzene rings is 1. The van der Waals surface area contributed by atoms with Crippen LogP contribution < -0.4 is 9.47 Å². The fourth-order valence-corrected chi connectivity index (χ4v) is 1.98. The maximum atomic E-state index is 12.1. The Balaban J connectivity index is 1.93. The Morgan fingerprint density at radius 1 is 1.14 bits per heavy atom. The molecule has 1 aliphatic heterocycles. The summed E-state index contributed by atoms with van der Waals surface area (Å²) in [5, 5.41) is 0. The van der Waals surface area contributed by atoms with Crippen LogP contribution in [0.25, 0.3) is 0 Å². The number of carbonyl (C=O) groups excluding carboxylic acids is 2. The van der Waals surface area contributed by atoms with Gasteiger partial charge in [0.25, 0.3) is 0 Å². The van der Waals surface area contributed by atoms with Crippen LogP contribution in [-0.4, -0.2) is 31.6 Å². The second-order valence-corrected chi connectivity index (χ2v) is 4.86. The topological polar surface area (TPSA) is 61.8 Å². The normalized spacial score (nSPS) is 13.4. The van der Waals surface area contributed by atoms with Crippen LogP contribution in [0.1, 0.15) is 43.0 Å². The van der Waals surface area contributed by atoms with Crippen molar-refractivity contribution in [3.8, 4) is 11.5 Å². The van der Waals surface area contributed by atoms with E-state index in [1.807, 2.05) is 6.92 Å². The average Bonchev–Trinajstić information content (AvgIpc) is 2.74. The second-order valence-electron chi connectivity index (χ2n) is 4.86. The molecular formula is C16H20O5. The van der Waals surface area contributed by atoms with Gasteiger partial charge < -0.3 is 14.2 Å². The minimum Gasteiger partial charge on any atom is -0.490 e. The molecule has 0 fully saturated rings. The molecule has 1 aromatic rings. The van der Waals surface area contributed by atoms with Gasteiger partial charge >= 0.3 is 5.97 Å². The van der Waals surface area contributed by atoms with E-state index in [2.05, 4.69) is 0 Å². The summed E-state index contributed by atoms with van der Waals surface area (Å²) >= 11 is 0. The number of hydrogen-bond acceptors (Lipinski definition) is 5. The molecule has 0 spiro atoms. The maximum Gasteiger partial charge on any atom is 0.306 e. The molecule has 0 aliphatic carbocycles. The highest BCUT2D eigenvalue weighted by Gasteiger charge is 2.15. The minimum absolute atomic E-state index is 0.0981. The molecule has 0 aromatic heterocycles. The van der Waals surface area contributed by atoms with Crippen LogP contribution in [0, 0.1) is 0 Å². The SMILES string of the molecule is CCCOC(=O)CCC(=O)c1ccc2c(c1)OCCCO2. The van der Waals surface area contributed by atoms with E-state index in [-0.39, 0.29) is 24.6 Å². The summed E-state index contributed by atoms with van der Waals surface area (Å²) in [6.07, 6.45) is 1.85. The predicted octanol–water partition coefficient (Wildman–Crippen LogP) is 2.76. The molecule has 0 atom stereocenters. The summed E-state index contributed by atoms with van der Waals surface area (Å²) in [4.78, 5) is 23.5. The van der Waals surface area contributed by atoms with Crippen molar-refractivity contribution in [1.29, 1.82) is 0 Å². The molecule has 5 heteroatoms. The van der Waals surface area contributed by atoms with E-state index < -0.39 is 0 Å². The molecule has 114 valence electrons.